The zero-order valence-electron chi connectivity index (χ0n) is 17.2. The SMILES string of the molecule is CCCCCC(O)(CCCCC)C(O)(CCCCC)CCCCC. The molecule has 24 heavy (non-hydrogen) atoms. The van der Waals surface area contributed by atoms with Gasteiger partial charge in [0.15, 0.2) is 0 Å². The molecule has 0 aromatic carbocycles. The van der Waals surface area contributed by atoms with Gasteiger partial charge in [0.25, 0.3) is 0 Å². The highest BCUT2D eigenvalue weighted by Gasteiger charge is 2.46. The minimum atomic E-state index is -0.890. The van der Waals surface area contributed by atoms with Crippen molar-refractivity contribution in [3.63, 3.8) is 0 Å². The van der Waals surface area contributed by atoms with E-state index in [0.717, 1.165) is 103 Å². The first-order chi connectivity index (χ1) is 11.5. The van der Waals surface area contributed by atoms with Crippen molar-refractivity contribution < 1.29 is 10.2 Å². The van der Waals surface area contributed by atoms with E-state index < -0.39 is 11.2 Å². The Balaban J connectivity index is 5.08. The van der Waals surface area contributed by atoms with E-state index in [2.05, 4.69) is 27.7 Å². The molecule has 0 aliphatic rings. The van der Waals surface area contributed by atoms with Gasteiger partial charge in [0, 0.05) is 0 Å². The molecule has 0 rings (SSSR count). The summed E-state index contributed by atoms with van der Waals surface area (Å²) in [6.45, 7) is 8.80. The van der Waals surface area contributed by atoms with Crippen LogP contribution in [0.3, 0.4) is 0 Å². The highest BCUT2D eigenvalue weighted by atomic mass is 16.4. The van der Waals surface area contributed by atoms with Crippen molar-refractivity contribution in [3.05, 3.63) is 0 Å². The number of unbranched alkanes of at least 4 members (excludes halogenated alkanes) is 8. The van der Waals surface area contributed by atoms with Crippen LogP contribution in [0, 0.1) is 0 Å². The number of aliphatic hydroxyl groups is 2. The second-order valence-electron chi connectivity index (χ2n) is 7.89. The first-order valence-electron chi connectivity index (χ1n) is 10.9. The van der Waals surface area contributed by atoms with Gasteiger partial charge in [-0.1, -0.05) is 105 Å². The molecule has 0 atom stereocenters. The fourth-order valence-corrected chi connectivity index (χ4v) is 3.85. The summed E-state index contributed by atoms with van der Waals surface area (Å²) < 4.78 is 0. The van der Waals surface area contributed by atoms with Crippen LogP contribution >= 0.6 is 0 Å². The van der Waals surface area contributed by atoms with E-state index in [1.807, 2.05) is 0 Å². The largest absolute Gasteiger partial charge is 0.387 e. The lowest BCUT2D eigenvalue weighted by molar-refractivity contribution is -0.171. The monoisotopic (exact) mass is 342 g/mol. The second kappa shape index (κ2) is 14.1. The van der Waals surface area contributed by atoms with Gasteiger partial charge in [-0.15, -0.1) is 0 Å². The summed E-state index contributed by atoms with van der Waals surface area (Å²) in [6.07, 6.45) is 16.4. The minimum absolute atomic E-state index is 0.763. The Labute approximate surface area is 152 Å². The predicted octanol–water partition coefficient (Wildman–Crippen LogP) is 6.77. The lowest BCUT2D eigenvalue weighted by atomic mass is 9.70. The maximum Gasteiger partial charge on any atom is 0.0933 e. The average Bonchev–Trinajstić information content (AvgIpc) is 2.56. The van der Waals surface area contributed by atoms with Crippen molar-refractivity contribution in [2.45, 2.75) is 142 Å². The van der Waals surface area contributed by atoms with Crippen LogP contribution < -0.4 is 0 Å². The molecule has 0 aliphatic carbocycles. The number of rotatable bonds is 17. The third kappa shape index (κ3) is 8.85. The Bertz CT molecular complexity index is 227. The standard InChI is InChI=1S/C22H46O2/c1-5-9-13-17-21(23,18-14-10-6-2)22(24,19-15-11-7-3)20-16-12-8-4/h23-24H,5-20H2,1-4H3. The fourth-order valence-electron chi connectivity index (χ4n) is 3.85. The molecule has 0 spiro atoms. The molecule has 146 valence electrons. The number of hydrogen-bond donors (Lipinski definition) is 2. The predicted molar refractivity (Wildman–Crippen MR) is 106 cm³/mol. The second-order valence-corrected chi connectivity index (χ2v) is 7.89. The maximum atomic E-state index is 11.5. The summed E-state index contributed by atoms with van der Waals surface area (Å²) >= 11 is 0. The van der Waals surface area contributed by atoms with Crippen LogP contribution in [-0.2, 0) is 0 Å². The van der Waals surface area contributed by atoms with E-state index >= 15 is 0 Å². The molecule has 0 fully saturated rings. The van der Waals surface area contributed by atoms with Crippen molar-refractivity contribution in [2.24, 2.45) is 0 Å². The minimum Gasteiger partial charge on any atom is -0.387 e. The Morgan fingerprint density at radius 2 is 0.625 bits per heavy atom. The lowest BCUT2D eigenvalue weighted by Crippen LogP contribution is -2.54. The van der Waals surface area contributed by atoms with Crippen molar-refractivity contribution in [3.8, 4) is 0 Å². The van der Waals surface area contributed by atoms with E-state index in [-0.39, 0.29) is 0 Å². The van der Waals surface area contributed by atoms with Gasteiger partial charge in [-0.05, 0) is 25.7 Å². The van der Waals surface area contributed by atoms with E-state index in [0.29, 0.717) is 0 Å². The molecule has 0 aromatic rings. The Morgan fingerprint density at radius 1 is 0.417 bits per heavy atom. The van der Waals surface area contributed by atoms with Crippen LogP contribution in [0.5, 0.6) is 0 Å². The van der Waals surface area contributed by atoms with Gasteiger partial charge < -0.3 is 10.2 Å². The Morgan fingerprint density at radius 3 is 0.792 bits per heavy atom. The van der Waals surface area contributed by atoms with Crippen molar-refractivity contribution >= 4 is 0 Å². The van der Waals surface area contributed by atoms with Crippen LogP contribution in [0.4, 0.5) is 0 Å². The molecule has 0 saturated carbocycles. The van der Waals surface area contributed by atoms with Gasteiger partial charge in [0.05, 0.1) is 11.2 Å². The van der Waals surface area contributed by atoms with Crippen LogP contribution in [0.2, 0.25) is 0 Å². The Hall–Kier alpha value is -0.0800. The summed E-state index contributed by atoms with van der Waals surface area (Å²) in [4.78, 5) is 0. The molecule has 0 aromatic heterocycles. The third-order valence-corrected chi connectivity index (χ3v) is 5.64. The normalized spacial score (nSPS) is 12.8. The summed E-state index contributed by atoms with van der Waals surface area (Å²) in [6, 6.07) is 0. The quantitative estimate of drug-likeness (QED) is 0.286. The molecule has 2 heteroatoms. The van der Waals surface area contributed by atoms with Crippen molar-refractivity contribution in [2.75, 3.05) is 0 Å². The summed E-state index contributed by atoms with van der Waals surface area (Å²) in [7, 11) is 0. The number of hydrogen-bond acceptors (Lipinski definition) is 2. The smallest absolute Gasteiger partial charge is 0.0933 e. The summed E-state index contributed by atoms with van der Waals surface area (Å²) in [5.41, 5.74) is -1.78. The summed E-state index contributed by atoms with van der Waals surface area (Å²) in [5, 5.41) is 23.1. The van der Waals surface area contributed by atoms with Crippen LogP contribution in [-0.4, -0.2) is 21.4 Å². The average molecular weight is 343 g/mol. The van der Waals surface area contributed by atoms with Gasteiger partial charge in [0.1, 0.15) is 0 Å². The van der Waals surface area contributed by atoms with Gasteiger partial charge in [-0.3, -0.25) is 0 Å². The van der Waals surface area contributed by atoms with Gasteiger partial charge in [-0.2, -0.15) is 0 Å². The first-order valence-corrected chi connectivity index (χ1v) is 10.9. The maximum absolute atomic E-state index is 11.5. The molecule has 0 heterocycles. The van der Waals surface area contributed by atoms with Crippen LogP contribution in [0.1, 0.15) is 130 Å². The summed E-state index contributed by atoms with van der Waals surface area (Å²) in [5.74, 6) is 0. The molecule has 0 bridgehead atoms. The molecule has 0 radical (unpaired) electrons. The van der Waals surface area contributed by atoms with Gasteiger partial charge >= 0.3 is 0 Å². The highest BCUT2D eigenvalue weighted by molar-refractivity contribution is 4.99. The molecule has 0 amide bonds. The lowest BCUT2D eigenvalue weighted by Gasteiger charge is -2.45. The zero-order valence-corrected chi connectivity index (χ0v) is 17.2. The van der Waals surface area contributed by atoms with E-state index in [1.54, 1.807) is 0 Å². The topological polar surface area (TPSA) is 40.5 Å². The third-order valence-electron chi connectivity index (χ3n) is 5.64. The van der Waals surface area contributed by atoms with Gasteiger partial charge in [0.2, 0.25) is 0 Å². The van der Waals surface area contributed by atoms with Crippen LogP contribution in [0.25, 0.3) is 0 Å². The zero-order chi connectivity index (χ0) is 18.3. The van der Waals surface area contributed by atoms with Crippen molar-refractivity contribution in [1.82, 2.24) is 0 Å². The molecular weight excluding hydrogens is 296 g/mol. The molecule has 0 unspecified atom stereocenters. The Kier molecular flexibility index (Phi) is 14.1. The van der Waals surface area contributed by atoms with Crippen LogP contribution in [0.15, 0.2) is 0 Å². The highest BCUT2D eigenvalue weighted by Crippen LogP contribution is 2.40. The van der Waals surface area contributed by atoms with E-state index in [4.69, 9.17) is 0 Å². The fraction of sp³-hybridized carbons (Fsp3) is 1.00. The molecule has 2 nitrogen and oxygen atoms in total. The van der Waals surface area contributed by atoms with E-state index in [9.17, 15) is 10.2 Å². The molecular formula is C22H46O2. The molecule has 2 N–H and O–H groups in total. The van der Waals surface area contributed by atoms with Gasteiger partial charge in [-0.25, -0.2) is 0 Å². The molecule has 0 aliphatic heterocycles. The van der Waals surface area contributed by atoms with Crippen molar-refractivity contribution in [1.29, 1.82) is 0 Å². The molecule has 0 saturated heterocycles. The van der Waals surface area contributed by atoms with E-state index in [1.165, 1.54) is 0 Å². The first kappa shape index (κ1) is 23.9.